The van der Waals surface area contributed by atoms with Crippen LogP contribution < -0.4 is 4.74 Å². The molecule has 23 heavy (non-hydrogen) atoms. The minimum atomic E-state index is -0.423. The smallest absolute Gasteiger partial charge is 0.250 e. The van der Waals surface area contributed by atoms with Crippen LogP contribution in [0.2, 0.25) is 0 Å². The fraction of sp³-hybridized carbons (Fsp3) is 0.471. The van der Waals surface area contributed by atoms with Crippen molar-refractivity contribution < 1.29 is 18.3 Å². The molecule has 0 amide bonds. The summed E-state index contributed by atoms with van der Waals surface area (Å²) in [4.78, 5) is 6.23. The first kappa shape index (κ1) is 14.7. The number of nitrogens with zero attached hydrogens (tertiary/aromatic N) is 2. The molecule has 122 valence electrons. The van der Waals surface area contributed by atoms with Crippen molar-refractivity contribution >= 4 is 0 Å². The van der Waals surface area contributed by atoms with E-state index in [1.54, 1.807) is 12.3 Å². The Morgan fingerprint density at radius 3 is 3.04 bits per heavy atom. The number of hydrogen-bond donors (Lipinski definition) is 0. The van der Waals surface area contributed by atoms with Crippen LogP contribution in [0.25, 0.3) is 0 Å². The first-order valence-corrected chi connectivity index (χ1v) is 7.87. The normalized spacial score (nSPS) is 23.1. The van der Waals surface area contributed by atoms with Gasteiger partial charge >= 0.3 is 0 Å². The molecule has 0 saturated carbocycles. The Labute approximate surface area is 134 Å². The summed E-state index contributed by atoms with van der Waals surface area (Å²) < 4.78 is 30.5. The molecule has 4 rings (SSSR count). The van der Waals surface area contributed by atoms with Gasteiger partial charge < -0.3 is 13.9 Å². The maximum absolute atomic E-state index is 13.6. The molecule has 0 aromatic carbocycles. The number of rotatable bonds is 5. The molecule has 6 heteroatoms. The lowest BCUT2D eigenvalue weighted by atomic mass is 9.81. The molecule has 2 aromatic rings. The molecular formula is C17H19FN2O3. The van der Waals surface area contributed by atoms with E-state index in [0.29, 0.717) is 6.61 Å². The van der Waals surface area contributed by atoms with E-state index in [9.17, 15) is 4.39 Å². The van der Waals surface area contributed by atoms with Crippen molar-refractivity contribution in [2.45, 2.75) is 18.6 Å². The third-order valence-electron chi connectivity index (χ3n) is 4.69. The summed E-state index contributed by atoms with van der Waals surface area (Å²) in [5, 5.41) is 0. The topological polar surface area (TPSA) is 47.7 Å². The van der Waals surface area contributed by atoms with Crippen LogP contribution in [0.3, 0.4) is 0 Å². The van der Waals surface area contributed by atoms with Gasteiger partial charge in [-0.15, -0.1) is 0 Å². The average molecular weight is 318 g/mol. The number of aromatic nitrogens is 1. The molecule has 2 saturated heterocycles. The van der Waals surface area contributed by atoms with E-state index in [4.69, 9.17) is 13.9 Å². The molecule has 1 spiro atoms. The third-order valence-corrected chi connectivity index (χ3v) is 4.69. The molecule has 4 heterocycles. The molecule has 5 nitrogen and oxygen atoms in total. The van der Waals surface area contributed by atoms with E-state index in [1.165, 1.54) is 12.3 Å². The van der Waals surface area contributed by atoms with E-state index < -0.39 is 5.82 Å². The first-order chi connectivity index (χ1) is 11.3. The molecule has 0 N–H and O–H groups in total. The minimum Gasteiger partial charge on any atom is -0.475 e. The summed E-state index contributed by atoms with van der Waals surface area (Å²) in [6, 6.07) is 6.79. The third kappa shape index (κ3) is 2.84. The van der Waals surface area contributed by atoms with Gasteiger partial charge in [-0.3, -0.25) is 4.90 Å². The van der Waals surface area contributed by atoms with Gasteiger partial charge in [0, 0.05) is 31.8 Å². The van der Waals surface area contributed by atoms with Crippen molar-refractivity contribution in [3.8, 4) is 5.88 Å². The quantitative estimate of drug-likeness (QED) is 0.847. The highest BCUT2D eigenvalue weighted by atomic mass is 19.1. The van der Waals surface area contributed by atoms with Crippen molar-refractivity contribution in [2.75, 3.05) is 26.3 Å². The van der Waals surface area contributed by atoms with Crippen LogP contribution in [0.5, 0.6) is 5.88 Å². The Balaban J connectivity index is 1.34. The fourth-order valence-electron chi connectivity index (χ4n) is 3.47. The van der Waals surface area contributed by atoms with Crippen LogP contribution >= 0.6 is 0 Å². The zero-order chi connectivity index (χ0) is 15.7. The zero-order valence-electron chi connectivity index (χ0n) is 12.8. The Bertz CT molecular complexity index is 656. The van der Waals surface area contributed by atoms with Crippen LogP contribution in [0.4, 0.5) is 4.39 Å². The van der Waals surface area contributed by atoms with Crippen LogP contribution in [0, 0.1) is 11.7 Å². The molecule has 0 aliphatic carbocycles. The predicted molar refractivity (Wildman–Crippen MR) is 80.5 cm³/mol. The second kappa shape index (κ2) is 5.94. The molecule has 1 atom stereocenters. The van der Waals surface area contributed by atoms with Crippen molar-refractivity contribution in [1.82, 2.24) is 9.88 Å². The molecule has 2 aliphatic rings. The summed E-state index contributed by atoms with van der Waals surface area (Å²) >= 11 is 0. The largest absolute Gasteiger partial charge is 0.475 e. The summed E-state index contributed by atoms with van der Waals surface area (Å²) in [5.74, 6) is 0.868. The number of pyridine rings is 1. The SMILES string of the molecule is Fc1cccnc1OC[C@H]1CCOC12CN(Cc1ccco1)C2. The second-order valence-corrected chi connectivity index (χ2v) is 6.22. The van der Waals surface area contributed by atoms with Gasteiger partial charge in [-0.25, -0.2) is 9.37 Å². The molecular weight excluding hydrogens is 299 g/mol. The van der Waals surface area contributed by atoms with Crippen molar-refractivity contribution in [3.05, 3.63) is 48.3 Å². The Morgan fingerprint density at radius 2 is 2.26 bits per heavy atom. The Kier molecular flexibility index (Phi) is 3.79. The maximum Gasteiger partial charge on any atom is 0.250 e. The minimum absolute atomic E-state index is 0.0707. The molecule has 0 unspecified atom stereocenters. The lowest BCUT2D eigenvalue weighted by Gasteiger charge is -2.49. The number of likely N-dealkylation sites (tertiary alicyclic amines) is 1. The van der Waals surface area contributed by atoms with E-state index in [0.717, 1.165) is 38.4 Å². The lowest BCUT2D eigenvalue weighted by molar-refractivity contribution is -0.142. The van der Waals surface area contributed by atoms with Gasteiger partial charge in [0.25, 0.3) is 0 Å². The van der Waals surface area contributed by atoms with Gasteiger partial charge in [-0.1, -0.05) is 0 Å². The molecule has 0 radical (unpaired) electrons. The van der Waals surface area contributed by atoms with Crippen LogP contribution in [-0.2, 0) is 11.3 Å². The average Bonchev–Trinajstić information content (AvgIpc) is 3.16. The predicted octanol–water partition coefficient (Wildman–Crippen LogP) is 2.48. The highest BCUT2D eigenvalue weighted by Gasteiger charge is 2.53. The van der Waals surface area contributed by atoms with Gasteiger partial charge in [0.2, 0.25) is 5.88 Å². The highest BCUT2D eigenvalue weighted by Crippen LogP contribution is 2.40. The van der Waals surface area contributed by atoms with Gasteiger partial charge in [0.05, 0.1) is 25.0 Å². The first-order valence-electron chi connectivity index (χ1n) is 7.87. The monoisotopic (exact) mass is 318 g/mol. The van der Waals surface area contributed by atoms with Crippen molar-refractivity contribution in [2.24, 2.45) is 5.92 Å². The van der Waals surface area contributed by atoms with E-state index in [-0.39, 0.29) is 17.4 Å². The van der Waals surface area contributed by atoms with Gasteiger partial charge in [-0.2, -0.15) is 0 Å². The van der Waals surface area contributed by atoms with Crippen LogP contribution in [-0.4, -0.2) is 41.8 Å². The van der Waals surface area contributed by atoms with Gasteiger partial charge in [-0.05, 0) is 30.7 Å². The summed E-state index contributed by atoms with van der Waals surface area (Å²) in [5.41, 5.74) is -0.169. The molecule has 2 aromatic heterocycles. The second-order valence-electron chi connectivity index (χ2n) is 6.22. The fourth-order valence-corrected chi connectivity index (χ4v) is 3.47. The summed E-state index contributed by atoms with van der Waals surface area (Å²) in [7, 11) is 0. The Morgan fingerprint density at radius 1 is 1.35 bits per heavy atom. The van der Waals surface area contributed by atoms with Gasteiger partial charge in [0.1, 0.15) is 5.76 Å². The van der Waals surface area contributed by atoms with Crippen LogP contribution in [0.15, 0.2) is 41.1 Å². The zero-order valence-corrected chi connectivity index (χ0v) is 12.8. The summed E-state index contributed by atoms with van der Waals surface area (Å²) in [6.45, 7) is 3.66. The van der Waals surface area contributed by atoms with E-state index in [2.05, 4.69) is 9.88 Å². The molecule has 2 aliphatic heterocycles. The van der Waals surface area contributed by atoms with Gasteiger partial charge in [0.15, 0.2) is 5.82 Å². The lowest BCUT2D eigenvalue weighted by Crippen LogP contribution is -2.64. The number of ether oxygens (including phenoxy) is 2. The van der Waals surface area contributed by atoms with E-state index >= 15 is 0 Å². The highest BCUT2D eigenvalue weighted by molar-refractivity contribution is 5.14. The summed E-state index contributed by atoms with van der Waals surface area (Å²) in [6.07, 6.45) is 4.16. The van der Waals surface area contributed by atoms with Crippen molar-refractivity contribution in [1.29, 1.82) is 0 Å². The number of halogens is 1. The molecule has 0 bridgehead atoms. The molecule has 2 fully saturated rings. The van der Waals surface area contributed by atoms with Crippen LogP contribution in [0.1, 0.15) is 12.2 Å². The Hall–Kier alpha value is -1.92. The van der Waals surface area contributed by atoms with Crippen molar-refractivity contribution in [3.63, 3.8) is 0 Å². The van der Waals surface area contributed by atoms with E-state index in [1.807, 2.05) is 12.1 Å². The number of furan rings is 1. The standard InChI is InChI=1S/C17H19FN2O3/c18-15-4-1-6-19-16(15)22-10-13-5-8-23-17(13)11-20(12-17)9-14-3-2-7-21-14/h1-4,6-7,13H,5,8-12H2/t13-/m1/s1. The maximum atomic E-state index is 13.6. The number of hydrogen-bond acceptors (Lipinski definition) is 5.